The molecule has 1 aromatic heterocycles. The first kappa shape index (κ1) is 12.6. The molecule has 0 aromatic carbocycles. The molecule has 7 heteroatoms. The summed E-state index contributed by atoms with van der Waals surface area (Å²) in [6.45, 7) is 3.44. The van der Waals surface area contributed by atoms with E-state index < -0.39 is 17.9 Å². The van der Waals surface area contributed by atoms with E-state index >= 15 is 0 Å². The van der Waals surface area contributed by atoms with Gasteiger partial charge in [0.15, 0.2) is 5.16 Å². The zero-order valence-corrected chi connectivity index (χ0v) is 9.82. The monoisotopic (exact) mass is 243 g/mol. The van der Waals surface area contributed by atoms with Gasteiger partial charge in [-0.3, -0.25) is 9.59 Å². The summed E-state index contributed by atoms with van der Waals surface area (Å²) in [6, 6.07) is -0.529. The van der Waals surface area contributed by atoms with Crippen LogP contribution in [0.3, 0.4) is 0 Å². The number of carbonyl (C=O) groups excluding carboxylic acids is 1. The molecule has 0 saturated carbocycles. The van der Waals surface area contributed by atoms with E-state index in [0.29, 0.717) is 5.16 Å². The molecule has 6 nitrogen and oxygen atoms in total. The maximum absolute atomic E-state index is 11.1. The number of nitrogens with two attached hydrogens (primary N) is 1. The Morgan fingerprint density at radius 3 is 2.81 bits per heavy atom. The maximum atomic E-state index is 11.1. The van der Waals surface area contributed by atoms with Crippen LogP contribution in [0, 0.1) is 6.92 Å². The summed E-state index contributed by atoms with van der Waals surface area (Å²) in [7, 11) is 0. The number of carboxylic acids is 1. The van der Waals surface area contributed by atoms with E-state index in [2.05, 4.69) is 4.98 Å². The Balaban J connectivity index is 2.93. The molecule has 16 heavy (non-hydrogen) atoms. The number of amides is 1. The van der Waals surface area contributed by atoms with Crippen molar-refractivity contribution in [2.75, 3.05) is 5.75 Å². The SMILES string of the molecule is Cc1cnc(SCC(=O)O)n1C(C)C(N)=O. The summed E-state index contributed by atoms with van der Waals surface area (Å²) in [5, 5.41) is 9.06. The molecule has 0 fully saturated rings. The van der Waals surface area contributed by atoms with Crippen molar-refractivity contribution in [1.29, 1.82) is 0 Å². The number of carbonyl (C=O) groups is 2. The standard InChI is InChI=1S/C9H13N3O3S/c1-5-3-11-9(16-4-7(13)14)12(5)6(2)8(10)15/h3,6H,4H2,1-2H3,(H2,10,15)(H,13,14). The zero-order chi connectivity index (χ0) is 12.3. The number of primary amides is 1. The highest BCUT2D eigenvalue weighted by atomic mass is 32.2. The number of imidazole rings is 1. The van der Waals surface area contributed by atoms with Gasteiger partial charge in [-0.1, -0.05) is 11.8 Å². The van der Waals surface area contributed by atoms with Gasteiger partial charge in [-0.15, -0.1) is 0 Å². The highest BCUT2D eigenvalue weighted by Gasteiger charge is 2.18. The molecular formula is C9H13N3O3S. The van der Waals surface area contributed by atoms with Crippen molar-refractivity contribution >= 4 is 23.6 Å². The van der Waals surface area contributed by atoms with Crippen LogP contribution < -0.4 is 5.73 Å². The minimum Gasteiger partial charge on any atom is -0.481 e. The van der Waals surface area contributed by atoms with Crippen LogP contribution in [-0.2, 0) is 9.59 Å². The first-order valence-corrected chi connectivity index (χ1v) is 5.59. The van der Waals surface area contributed by atoms with E-state index in [4.69, 9.17) is 10.8 Å². The quantitative estimate of drug-likeness (QED) is 0.730. The third-order valence-corrected chi connectivity index (χ3v) is 3.02. The van der Waals surface area contributed by atoms with Crippen LogP contribution in [0.4, 0.5) is 0 Å². The van der Waals surface area contributed by atoms with E-state index in [-0.39, 0.29) is 5.75 Å². The highest BCUT2D eigenvalue weighted by Crippen LogP contribution is 2.22. The average molecular weight is 243 g/mol. The van der Waals surface area contributed by atoms with Crippen molar-refractivity contribution in [3.05, 3.63) is 11.9 Å². The number of rotatable bonds is 5. The minimum absolute atomic E-state index is 0.0953. The molecule has 3 N–H and O–H groups in total. The van der Waals surface area contributed by atoms with Crippen LogP contribution in [0.25, 0.3) is 0 Å². The summed E-state index contributed by atoms with van der Waals surface area (Å²) in [4.78, 5) is 25.6. The van der Waals surface area contributed by atoms with Gasteiger partial charge in [0.1, 0.15) is 6.04 Å². The lowest BCUT2D eigenvalue weighted by molar-refractivity contribution is -0.133. The lowest BCUT2D eigenvalue weighted by Crippen LogP contribution is -2.25. The molecule has 0 radical (unpaired) electrons. The first-order valence-electron chi connectivity index (χ1n) is 4.61. The van der Waals surface area contributed by atoms with E-state index in [0.717, 1.165) is 17.5 Å². The van der Waals surface area contributed by atoms with Gasteiger partial charge in [0.2, 0.25) is 5.91 Å². The highest BCUT2D eigenvalue weighted by molar-refractivity contribution is 7.99. The van der Waals surface area contributed by atoms with Crippen molar-refractivity contribution < 1.29 is 14.7 Å². The molecule has 1 amide bonds. The van der Waals surface area contributed by atoms with Crippen molar-refractivity contribution in [2.24, 2.45) is 5.73 Å². The number of aryl methyl sites for hydroxylation is 1. The topological polar surface area (TPSA) is 98.2 Å². The Kier molecular flexibility index (Phi) is 3.94. The fourth-order valence-electron chi connectivity index (χ4n) is 1.26. The summed E-state index contributed by atoms with van der Waals surface area (Å²) in [5.41, 5.74) is 5.98. The molecule has 1 atom stereocenters. The Hall–Kier alpha value is -1.50. The molecule has 0 aliphatic carbocycles. The van der Waals surface area contributed by atoms with Gasteiger partial charge in [0.25, 0.3) is 0 Å². The van der Waals surface area contributed by atoms with Crippen LogP contribution in [0.1, 0.15) is 18.7 Å². The smallest absolute Gasteiger partial charge is 0.313 e. The van der Waals surface area contributed by atoms with Crippen LogP contribution in [-0.4, -0.2) is 32.3 Å². The summed E-state index contributed by atoms with van der Waals surface area (Å²) >= 11 is 1.07. The number of carboxylic acid groups (broad SMARTS) is 1. The summed E-state index contributed by atoms with van der Waals surface area (Å²) < 4.78 is 1.63. The van der Waals surface area contributed by atoms with Gasteiger partial charge in [0, 0.05) is 11.9 Å². The molecular weight excluding hydrogens is 230 g/mol. The molecule has 1 heterocycles. The molecule has 0 spiro atoms. The van der Waals surface area contributed by atoms with Crippen molar-refractivity contribution in [3.63, 3.8) is 0 Å². The van der Waals surface area contributed by atoms with Crippen LogP contribution >= 0.6 is 11.8 Å². The van der Waals surface area contributed by atoms with Crippen LogP contribution in [0.5, 0.6) is 0 Å². The minimum atomic E-state index is -0.927. The number of aliphatic carboxylic acids is 1. The number of hydrogen-bond acceptors (Lipinski definition) is 4. The number of hydrogen-bond donors (Lipinski definition) is 2. The molecule has 0 aliphatic heterocycles. The van der Waals surface area contributed by atoms with Crippen molar-refractivity contribution in [2.45, 2.75) is 25.0 Å². The average Bonchev–Trinajstić information content (AvgIpc) is 2.55. The second kappa shape index (κ2) is 5.02. The summed E-state index contributed by atoms with van der Waals surface area (Å²) in [5.74, 6) is -1.50. The fraction of sp³-hybridized carbons (Fsp3) is 0.444. The van der Waals surface area contributed by atoms with Gasteiger partial charge in [-0.2, -0.15) is 0 Å². The Morgan fingerprint density at radius 2 is 2.31 bits per heavy atom. The summed E-state index contributed by atoms with van der Waals surface area (Å²) in [6.07, 6.45) is 1.59. The number of aromatic nitrogens is 2. The molecule has 1 unspecified atom stereocenters. The Morgan fingerprint density at radius 1 is 1.69 bits per heavy atom. The van der Waals surface area contributed by atoms with Gasteiger partial charge >= 0.3 is 5.97 Å². The second-order valence-electron chi connectivity index (χ2n) is 3.31. The zero-order valence-electron chi connectivity index (χ0n) is 9.01. The second-order valence-corrected chi connectivity index (χ2v) is 4.26. The molecule has 0 bridgehead atoms. The van der Waals surface area contributed by atoms with Gasteiger partial charge in [0.05, 0.1) is 5.75 Å². The predicted molar refractivity (Wildman–Crippen MR) is 59.2 cm³/mol. The fourth-order valence-corrected chi connectivity index (χ4v) is 2.08. The Labute approximate surface area is 96.8 Å². The van der Waals surface area contributed by atoms with E-state index in [9.17, 15) is 9.59 Å². The molecule has 0 aliphatic rings. The maximum Gasteiger partial charge on any atom is 0.313 e. The third-order valence-electron chi connectivity index (χ3n) is 2.07. The Bertz CT molecular complexity index is 416. The van der Waals surface area contributed by atoms with Gasteiger partial charge in [-0.05, 0) is 13.8 Å². The van der Waals surface area contributed by atoms with E-state index in [1.807, 2.05) is 0 Å². The lowest BCUT2D eigenvalue weighted by Gasteiger charge is -2.14. The molecule has 1 aromatic rings. The molecule has 0 saturated heterocycles. The van der Waals surface area contributed by atoms with Gasteiger partial charge in [-0.25, -0.2) is 4.98 Å². The van der Waals surface area contributed by atoms with Crippen LogP contribution in [0.2, 0.25) is 0 Å². The van der Waals surface area contributed by atoms with E-state index in [1.54, 1.807) is 24.6 Å². The lowest BCUT2D eigenvalue weighted by atomic mass is 10.3. The number of nitrogens with zero attached hydrogens (tertiary/aromatic N) is 2. The van der Waals surface area contributed by atoms with E-state index in [1.165, 1.54) is 0 Å². The van der Waals surface area contributed by atoms with Crippen molar-refractivity contribution in [1.82, 2.24) is 9.55 Å². The largest absolute Gasteiger partial charge is 0.481 e. The predicted octanol–water partition coefficient (Wildman–Crippen LogP) is 0.415. The normalized spacial score (nSPS) is 12.4. The first-order chi connectivity index (χ1) is 7.43. The molecule has 88 valence electrons. The third kappa shape index (κ3) is 2.75. The van der Waals surface area contributed by atoms with Crippen LogP contribution in [0.15, 0.2) is 11.4 Å². The molecule has 1 rings (SSSR count). The van der Waals surface area contributed by atoms with Gasteiger partial charge < -0.3 is 15.4 Å². The number of thioether (sulfide) groups is 1. The van der Waals surface area contributed by atoms with Crippen molar-refractivity contribution in [3.8, 4) is 0 Å².